The molecule has 0 bridgehead atoms. The predicted molar refractivity (Wildman–Crippen MR) is 131 cm³/mol. The van der Waals surface area contributed by atoms with Gasteiger partial charge >= 0.3 is 5.76 Å². The largest absolute Gasteiger partial charge is 0.437 e. The van der Waals surface area contributed by atoms with Crippen LogP contribution < -0.4 is 16.4 Å². The maximum Gasteiger partial charge on any atom is 0.437 e. The van der Waals surface area contributed by atoms with E-state index in [0.29, 0.717) is 31.4 Å². The summed E-state index contributed by atoms with van der Waals surface area (Å²) in [6.07, 6.45) is 3.87. The summed E-state index contributed by atoms with van der Waals surface area (Å²) in [6.45, 7) is 8.06. The second-order valence-corrected chi connectivity index (χ2v) is 10.2. The maximum absolute atomic E-state index is 13.6. The molecule has 1 atom stereocenters. The van der Waals surface area contributed by atoms with Gasteiger partial charge in [0.2, 0.25) is 11.7 Å². The number of benzene rings is 1. The van der Waals surface area contributed by atoms with Crippen molar-refractivity contribution in [1.29, 1.82) is 0 Å². The Kier molecular flexibility index (Phi) is 8.64. The first-order chi connectivity index (χ1) is 16.6. The molecular formula is C26H36N4O5. The van der Waals surface area contributed by atoms with E-state index >= 15 is 0 Å². The molecular weight excluding hydrogens is 448 g/mol. The van der Waals surface area contributed by atoms with Crippen molar-refractivity contribution in [2.24, 2.45) is 11.8 Å². The third kappa shape index (κ3) is 6.68. The lowest BCUT2D eigenvalue weighted by atomic mass is 9.80. The molecule has 1 aliphatic rings. The summed E-state index contributed by atoms with van der Waals surface area (Å²) < 4.78 is 6.27. The zero-order valence-corrected chi connectivity index (χ0v) is 21.0. The summed E-state index contributed by atoms with van der Waals surface area (Å²) in [5.41, 5.74) is -0.643. The number of aromatic nitrogens is 2. The topological polar surface area (TPSA) is 123 Å². The maximum atomic E-state index is 13.6. The lowest BCUT2D eigenvalue weighted by Crippen LogP contribution is -2.62. The molecule has 1 heterocycles. The number of carbonyl (C=O) groups excluding carboxylic acids is 3. The van der Waals surface area contributed by atoms with Crippen molar-refractivity contribution in [3.05, 3.63) is 52.3 Å². The highest BCUT2D eigenvalue weighted by Crippen LogP contribution is 2.29. The van der Waals surface area contributed by atoms with Crippen molar-refractivity contribution in [3.8, 4) is 0 Å². The lowest BCUT2D eigenvalue weighted by molar-refractivity contribution is -0.129. The van der Waals surface area contributed by atoms with Crippen LogP contribution in [0.25, 0.3) is 0 Å². The second-order valence-electron chi connectivity index (χ2n) is 10.2. The van der Waals surface area contributed by atoms with Crippen LogP contribution in [0.2, 0.25) is 0 Å². The molecule has 2 amide bonds. The molecule has 0 radical (unpaired) electrons. The van der Waals surface area contributed by atoms with Crippen molar-refractivity contribution in [2.45, 2.75) is 84.3 Å². The van der Waals surface area contributed by atoms with Gasteiger partial charge in [0.05, 0.1) is 12.6 Å². The molecule has 190 valence electrons. The minimum atomic E-state index is -1.11. The molecule has 1 aromatic carbocycles. The van der Waals surface area contributed by atoms with E-state index in [9.17, 15) is 19.2 Å². The summed E-state index contributed by atoms with van der Waals surface area (Å²) in [4.78, 5) is 52.0. The second kappa shape index (κ2) is 11.5. The average molecular weight is 485 g/mol. The summed E-state index contributed by atoms with van der Waals surface area (Å²) >= 11 is 0. The van der Waals surface area contributed by atoms with Crippen LogP contribution in [-0.4, -0.2) is 39.0 Å². The Morgan fingerprint density at radius 3 is 2.29 bits per heavy atom. The molecule has 0 spiro atoms. The standard InChI is InChI=1S/C26H36N4O5/c1-17(2)15-20(21(31)23-29-30(16-18(3)4)25(34)35-23)27-24(33)26(13-9-6-10-14-26)28-22(32)19-11-7-5-8-12-19/h5,7-8,11-12,17-18,20H,6,9-10,13-16H2,1-4H3,(H,27,33)(H,28,32). The Morgan fingerprint density at radius 2 is 1.69 bits per heavy atom. The van der Waals surface area contributed by atoms with Crippen molar-refractivity contribution < 1.29 is 18.8 Å². The van der Waals surface area contributed by atoms with Gasteiger partial charge in [0.25, 0.3) is 11.8 Å². The van der Waals surface area contributed by atoms with Crippen molar-refractivity contribution in [2.75, 3.05) is 0 Å². The van der Waals surface area contributed by atoms with Gasteiger partial charge in [0.1, 0.15) is 5.54 Å². The Balaban J connectivity index is 1.84. The number of hydrogen-bond donors (Lipinski definition) is 2. The van der Waals surface area contributed by atoms with Gasteiger partial charge in [-0.2, -0.15) is 4.68 Å². The molecule has 1 saturated carbocycles. The van der Waals surface area contributed by atoms with Crippen molar-refractivity contribution in [1.82, 2.24) is 20.4 Å². The number of Topliss-reactive ketones (excluding diaryl/α,β-unsaturated/α-hetero) is 1. The van der Waals surface area contributed by atoms with Gasteiger partial charge in [-0.15, -0.1) is 5.10 Å². The van der Waals surface area contributed by atoms with Crippen LogP contribution in [0.5, 0.6) is 0 Å². The highest BCUT2D eigenvalue weighted by atomic mass is 16.4. The van der Waals surface area contributed by atoms with Gasteiger partial charge in [-0.1, -0.05) is 65.2 Å². The summed E-state index contributed by atoms with van der Waals surface area (Å²) in [7, 11) is 0. The Hall–Kier alpha value is -3.23. The quantitative estimate of drug-likeness (QED) is 0.499. The minimum Gasteiger partial charge on any atom is -0.384 e. The van der Waals surface area contributed by atoms with E-state index in [1.807, 2.05) is 33.8 Å². The molecule has 0 aliphatic heterocycles. The molecule has 0 saturated heterocycles. The van der Waals surface area contributed by atoms with Crippen LogP contribution in [0.3, 0.4) is 0 Å². The molecule has 3 rings (SSSR count). The lowest BCUT2D eigenvalue weighted by Gasteiger charge is -2.37. The van der Waals surface area contributed by atoms with E-state index in [1.54, 1.807) is 24.3 Å². The Labute approximate surface area is 205 Å². The normalized spacial score (nSPS) is 16.2. The van der Waals surface area contributed by atoms with Gasteiger partial charge in [0, 0.05) is 5.56 Å². The van der Waals surface area contributed by atoms with Gasteiger partial charge in [-0.25, -0.2) is 4.79 Å². The van der Waals surface area contributed by atoms with Crippen LogP contribution >= 0.6 is 0 Å². The molecule has 1 aromatic heterocycles. The van der Waals surface area contributed by atoms with E-state index in [4.69, 9.17) is 4.42 Å². The zero-order valence-electron chi connectivity index (χ0n) is 21.0. The number of ketones is 1. The van der Waals surface area contributed by atoms with E-state index in [2.05, 4.69) is 15.7 Å². The number of amides is 2. The number of hydrogen-bond acceptors (Lipinski definition) is 6. The van der Waals surface area contributed by atoms with E-state index in [0.717, 1.165) is 23.9 Å². The molecule has 35 heavy (non-hydrogen) atoms. The van der Waals surface area contributed by atoms with E-state index < -0.39 is 29.0 Å². The minimum absolute atomic E-state index is 0.0786. The summed E-state index contributed by atoms with van der Waals surface area (Å²) in [5.74, 6) is -2.06. The van der Waals surface area contributed by atoms with Gasteiger partial charge in [-0.05, 0) is 43.2 Å². The smallest absolute Gasteiger partial charge is 0.384 e. The third-order valence-corrected chi connectivity index (χ3v) is 6.21. The van der Waals surface area contributed by atoms with Crippen molar-refractivity contribution in [3.63, 3.8) is 0 Å². The summed E-state index contributed by atoms with van der Waals surface area (Å²) in [5, 5.41) is 9.90. The first kappa shape index (κ1) is 26.4. The molecule has 9 nitrogen and oxygen atoms in total. The van der Waals surface area contributed by atoms with Crippen molar-refractivity contribution >= 4 is 17.6 Å². The molecule has 9 heteroatoms. The number of rotatable bonds is 10. The van der Waals surface area contributed by atoms with E-state index in [1.165, 1.54) is 0 Å². The van der Waals surface area contributed by atoms with Crippen LogP contribution in [0, 0.1) is 11.8 Å². The first-order valence-corrected chi connectivity index (χ1v) is 12.4. The fourth-order valence-electron chi connectivity index (χ4n) is 4.46. The molecule has 1 fully saturated rings. The van der Waals surface area contributed by atoms with E-state index in [-0.39, 0.29) is 23.6 Å². The SMILES string of the molecule is CC(C)CC(NC(=O)C1(NC(=O)c2ccccc2)CCCCC1)C(=O)c1nn(CC(C)C)c(=O)o1. The van der Waals surface area contributed by atoms with Crippen LogP contribution in [0.1, 0.15) is 87.3 Å². The Bertz CT molecular complexity index is 1080. The molecule has 2 N–H and O–H groups in total. The van der Waals surface area contributed by atoms with Gasteiger partial charge in [-0.3, -0.25) is 14.4 Å². The molecule has 2 aromatic rings. The number of nitrogens with one attached hydrogen (secondary N) is 2. The number of carbonyl (C=O) groups is 3. The zero-order chi connectivity index (χ0) is 25.6. The highest BCUT2D eigenvalue weighted by molar-refractivity contribution is 6.02. The molecule has 1 unspecified atom stereocenters. The fraction of sp³-hybridized carbons (Fsp3) is 0.577. The fourth-order valence-corrected chi connectivity index (χ4v) is 4.46. The third-order valence-electron chi connectivity index (χ3n) is 6.21. The van der Waals surface area contributed by atoms with Crippen LogP contribution in [0.15, 0.2) is 39.5 Å². The monoisotopic (exact) mass is 484 g/mol. The summed E-state index contributed by atoms with van der Waals surface area (Å²) in [6, 6.07) is 7.83. The number of nitrogens with zero attached hydrogens (tertiary/aromatic N) is 2. The first-order valence-electron chi connectivity index (χ1n) is 12.4. The van der Waals surface area contributed by atoms with Gasteiger partial charge < -0.3 is 15.1 Å². The highest BCUT2D eigenvalue weighted by Gasteiger charge is 2.43. The average Bonchev–Trinajstić information content (AvgIpc) is 3.18. The Morgan fingerprint density at radius 1 is 1.03 bits per heavy atom. The van der Waals surface area contributed by atoms with Crippen LogP contribution in [-0.2, 0) is 11.3 Å². The molecule has 1 aliphatic carbocycles. The van der Waals surface area contributed by atoms with Gasteiger partial charge in [0.15, 0.2) is 0 Å². The predicted octanol–water partition coefficient (Wildman–Crippen LogP) is 3.34. The van der Waals surface area contributed by atoms with Crippen LogP contribution in [0.4, 0.5) is 0 Å².